The second kappa shape index (κ2) is 8.86. The Labute approximate surface area is 170 Å². The Bertz CT molecular complexity index is 969. The molecule has 2 amide bonds. The first-order chi connectivity index (χ1) is 13.3. The molecule has 1 aromatic heterocycles. The van der Waals surface area contributed by atoms with Crippen molar-refractivity contribution in [1.82, 2.24) is 20.6 Å². The molecular weight excluding hydrogens is 452 g/mol. The highest BCUT2D eigenvalue weighted by Gasteiger charge is 2.21. The number of hydrazine groups is 1. The first-order valence-electron chi connectivity index (χ1n) is 8.51. The van der Waals surface area contributed by atoms with Crippen molar-refractivity contribution in [2.45, 2.75) is 23.8 Å². The van der Waals surface area contributed by atoms with Gasteiger partial charge in [-0.3, -0.25) is 20.4 Å². The van der Waals surface area contributed by atoms with Gasteiger partial charge in [0.2, 0.25) is 10.0 Å². The Morgan fingerprint density at radius 3 is 2.68 bits per heavy atom. The lowest BCUT2D eigenvalue weighted by molar-refractivity contribution is 0.0844. The van der Waals surface area contributed by atoms with Gasteiger partial charge in [0.1, 0.15) is 5.69 Å². The summed E-state index contributed by atoms with van der Waals surface area (Å²) in [5, 5.41) is 0. The van der Waals surface area contributed by atoms with Crippen LogP contribution in [0.15, 0.2) is 45.9 Å². The number of hydrogen-bond donors (Lipinski definition) is 4. The second-order valence-corrected chi connectivity index (χ2v) is 8.84. The van der Waals surface area contributed by atoms with Gasteiger partial charge >= 0.3 is 0 Å². The molecule has 1 atom stereocenters. The van der Waals surface area contributed by atoms with E-state index in [2.05, 4.69) is 36.5 Å². The molecule has 4 N–H and O–H groups in total. The van der Waals surface area contributed by atoms with Crippen LogP contribution in [0.4, 0.5) is 0 Å². The van der Waals surface area contributed by atoms with Gasteiger partial charge in [0.15, 0.2) is 0 Å². The van der Waals surface area contributed by atoms with Crippen molar-refractivity contribution >= 4 is 37.8 Å². The van der Waals surface area contributed by atoms with E-state index in [0.717, 1.165) is 12.8 Å². The predicted octanol–water partition coefficient (Wildman–Crippen LogP) is 1.31. The van der Waals surface area contributed by atoms with Gasteiger partial charge in [-0.15, -0.1) is 0 Å². The summed E-state index contributed by atoms with van der Waals surface area (Å²) in [5.41, 5.74) is 4.85. The van der Waals surface area contributed by atoms with Crippen molar-refractivity contribution < 1.29 is 22.7 Å². The number of aromatic nitrogens is 1. The van der Waals surface area contributed by atoms with Gasteiger partial charge in [0.25, 0.3) is 11.8 Å². The minimum atomic E-state index is -3.78. The number of ether oxygens (including phenoxy) is 1. The maximum Gasteiger partial charge on any atom is 0.286 e. The van der Waals surface area contributed by atoms with E-state index in [1.165, 1.54) is 24.3 Å². The molecule has 0 spiro atoms. The number of carbonyl (C=O) groups is 2. The van der Waals surface area contributed by atoms with Crippen molar-refractivity contribution in [2.75, 3.05) is 13.2 Å². The van der Waals surface area contributed by atoms with E-state index < -0.39 is 21.8 Å². The van der Waals surface area contributed by atoms with Crippen LogP contribution in [0.5, 0.6) is 0 Å². The number of H-pyrrole nitrogens is 1. The molecule has 2 heterocycles. The molecule has 1 aromatic carbocycles. The summed E-state index contributed by atoms with van der Waals surface area (Å²) in [5.74, 6) is -1.18. The summed E-state index contributed by atoms with van der Waals surface area (Å²) in [6.07, 6.45) is 3.16. The zero-order chi connectivity index (χ0) is 20.1. The van der Waals surface area contributed by atoms with Crippen LogP contribution < -0.4 is 15.6 Å². The normalized spacial score (nSPS) is 16.7. The number of halogens is 1. The van der Waals surface area contributed by atoms with Crippen molar-refractivity contribution in [1.29, 1.82) is 0 Å². The van der Waals surface area contributed by atoms with Crippen LogP contribution in [-0.4, -0.2) is 44.5 Å². The number of amides is 2. The zero-order valence-corrected chi connectivity index (χ0v) is 17.1. The fourth-order valence-electron chi connectivity index (χ4n) is 2.65. The Kier molecular flexibility index (Phi) is 6.50. The number of carbonyl (C=O) groups excluding carboxylic acids is 2. The molecule has 150 valence electrons. The van der Waals surface area contributed by atoms with E-state index in [4.69, 9.17) is 4.74 Å². The highest BCUT2D eigenvalue weighted by atomic mass is 79.9. The third-order valence-electron chi connectivity index (χ3n) is 4.11. The number of hydrogen-bond acceptors (Lipinski definition) is 5. The highest BCUT2D eigenvalue weighted by Crippen LogP contribution is 2.15. The number of benzene rings is 1. The van der Waals surface area contributed by atoms with Crippen molar-refractivity contribution in [3.63, 3.8) is 0 Å². The highest BCUT2D eigenvalue weighted by molar-refractivity contribution is 9.10. The molecule has 0 aliphatic carbocycles. The lowest BCUT2D eigenvalue weighted by Crippen LogP contribution is -2.41. The van der Waals surface area contributed by atoms with E-state index in [1.54, 1.807) is 12.3 Å². The summed E-state index contributed by atoms with van der Waals surface area (Å²) in [6.45, 7) is 0.813. The van der Waals surface area contributed by atoms with Crippen molar-refractivity contribution in [3.05, 3.63) is 52.3 Å². The molecule has 3 rings (SSSR count). The van der Waals surface area contributed by atoms with E-state index in [-0.39, 0.29) is 28.8 Å². The summed E-state index contributed by atoms with van der Waals surface area (Å²) in [6, 6.07) is 7.09. The standard InChI is InChI=1S/C17H19BrN4O5S/c18-12-8-15(19-9-12)17(24)22-21-16(23)11-3-1-5-14(7-11)28(25,26)20-10-13-4-2-6-27-13/h1,3,5,7-9,13,19-20H,2,4,6,10H2,(H,21,23)(H,22,24). The van der Waals surface area contributed by atoms with Crippen LogP contribution in [0, 0.1) is 0 Å². The average molecular weight is 471 g/mol. The van der Waals surface area contributed by atoms with Crippen LogP contribution in [0.1, 0.15) is 33.7 Å². The SMILES string of the molecule is O=C(NNC(=O)c1cc(Br)c[nH]1)c1cccc(S(=O)(=O)NCC2CCCO2)c1. The summed E-state index contributed by atoms with van der Waals surface area (Å²) in [7, 11) is -3.78. The summed E-state index contributed by atoms with van der Waals surface area (Å²) >= 11 is 3.21. The van der Waals surface area contributed by atoms with E-state index in [9.17, 15) is 18.0 Å². The first kappa shape index (κ1) is 20.5. The molecule has 0 radical (unpaired) electrons. The largest absolute Gasteiger partial charge is 0.377 e. The third-order valence-corrected chi connectivity index (χ3v) is 5.99. The predicted molar refractivity (Wildman–Crippen MR) is 104 cm³/mol. The average Bonchev–Trinajstić information content (AvgIpc) is 3.36. The maximum atomic E-state index is 12.4. The molecule has 1 unspecified atom stereocenters. The quantitative estimate of drug-likeness (QED) is 0.473. The van der Waals surface area contributed by atoms with E-state index in [0.29, 0.717) is 11.1 Å². The molecule has 0 saturated carbocycles. The van der Waals surface area contributed by atoms with Gasteiger partial charge in [0.05, 0.1) is 11.0 Å². The van der Waals surface area contributed by atoms with E-state index >= 15 is 0 Å². The first-order valence-corrected chi connectivity index (χ1v) is 10.8. The number of nitrogens with one attached hydrogen (secondary N) is 4. The van der Waals surface area contributed by atoms with Crippen LogP contribution in [0.3, 0.4) is 0 Å². The molecule has 0 bridgehead atoms. The van der Waals surface area contributed by atoms with Gasteiger partial charge in [-0.2, -0.15) is 0 Å². The third kappa shape index (κ3) is 5.19. The topological polar surface area (TPSA) is 129 Å². The van der Waals surface area contributed by atoms with Gasteiger partial charge < -0.3 is 9.72 Å². The Morgan fingerprint density at radius 1 is 1.21 bits per heavy atom. The molecule has 1 aliphatic rings. The monoisotopic (exact) mass is 470 g/mol. The fraction of sp³-hybridized carbons (Fsp3) is 0.294. The molecule has 1 saturated heterocycles. The second-order valence-electron chi connectivity index (χ2n) is 6.15. The van der Waals surface area contributed by atoms with Gasteiger partial charge in [0, 0.05) is 29.4 Å². The number of sulfonamides is 1. The molecule has 1 aliphatic heterocycles. The smallest absolute Gasteiger partial charge is 0.286 e. The van der Waals surface area contributed by atoms with E-state index in [1.807, 2.05) is 0 Å². The molecule has 28 heavy (non-hydrogen) atoms. The molecule has 1 fully saturated rings. The molecule has 9 nitrogen and oxygen atoms in total. The van der Waals surface area contributed by atoms with Crippen molar-refractivity contribution in [3.8, 4) is 0 Å². The fourth-order valence-corrected chi connectivity index (χ4v) is 4.10. The zero-order valence-electron chi connectivity index (χ0n) is 14.7. The van der Waals surface area contributed by atoms with Gasteiger partial charge in [-0.05, 0) is 53.0 Å². The minimum absolute atomic E-state index is 0.0437. The number of rotatable bonds is 6. The molecule has 11 heteroatoms. The van der Waals surface area contributed by atoms with Gasteiger partial charge in [-0.25, -0.2) is 13.1 Å². The van der Waals surface area contributed by atoms with Gasteiger partial charge in [-0.1, -0.05) is 6.07 Å². The molecule has 2 aromatic rings. The lowest BCUT2D eigenvalue weighted by atomic mass is 10.2. The number of aromatic amines is 1. The van der Waals surface area contributed by atoms with Crippen molar-refractivity contribution in [2.24, 2.45) is 0 Å². The summed E-state index contributed by atoms with van der Waals surface area (Å²) in [4.78, 5) is 26.9. The molecular formula is C17H19BrN4O5S. The van der Waals surface area contributed by atoms with Crippen LogP contribution in [0.25, 0.3) is 0 Å². The maximum absolute atomic E-state index is 12.4. The Hall–Kier alpha value is -2.21. The van der Waals surface area contributed by atoms with Crippen LogP contribution in [0.2, 0.25) is 0 Å². The lowest BCUT2D eigenvalue weighted by Gasteiger charge is -2.12. The Balaban J connectivity index is 1.61. The minimum Gasteiger partial charge on any atom is -0.377 e. The Morgan fingerprint density at radius 2 is 2.00 bits per heavy atom. The summed E-state index contributed by atoms with van der Waals surface area (Å²) < 4.78 is 33.5. The van der Waals surface area contributed by atoms with Crippen LogP contribution in [-0.2, 0) is 14.8 Å². The van der Waals surface area contributed by atoms with Crippen LogP contribution >= 0.6 is 15.9 Å².